The maximum atomic E-state index is 6.13. The van der Waals surface area contributed by atoms with Gasteiger partial charge in [0.25, 0.3) is 0 Å². The van der Waals surface area contributed by atoms with Crippen LogP contribution in [0, 0.1) is 11.8 Å². The summed E-state index contributed by atoms with van der Waals surface area (Å²) in [7, 11) is 1.76. The van der Waals surface area contributed by atoms with Crippen molar-refractivity contribution in [2.45, 2.75) is 63.5 Å². The number of hydrogen-bond donors (Lipinski definition) is 0. The average Bonchev–Trinajstić information content (AvgIpc) is 3.38. The summed E-state index contributed by atoms with van der Waals surface area (Å²) in [6.45, 7) is 4.69. The van der Waals surface area contributed by atoms with E-state index in [1.165, 1.54) is 48.1 Å². The first-order valence-electron chi connectivity index (χ1n) is 12.5. The molecule has 1 aromatic heterocycles. The molecule has 0 N–H and O–H groups in total. The molecule has 0 saturated heterocycles. The lowest BCUT2D eigenvalue weighted by molar-refractivity contribution is 0.102. The second kappa shape index (κ2) is 8.32. The predicted octanol–water partition coefficient (Wildman–Crippen LogP) is 5.68. The summed E-state index contributed by atoms with van der Waals surface area (Å²) in [5, 5.41) is 5.04. The lowest BCUT2D eigenvalue weighted by Gasteiger charge is -2.49. The van der Waals surface area contributed by atoms with Gasteiger partial charge < -0.3 is 9.47 Å². The summed E-state index contributed by atoms with van der Waals surface area (Å²) in [5.41, 5.74) is 7.38. The van der Waals surface area contributed by atoms with Crippen LogP contribution in [-0.2, 0) is 36.1 Å². The highest BCUT2D eigenvalue weighted by Crippen LogP contribution is 2.59. The van der Waals surface area contributed by atoms with Crippen LogP contribution in [0.4, 0.5) is 0 Å². The first kappa shape index (κ1) is 21.0. The largest absolute Gasteiger partial charge is 0.489 e. The minimum absolute atomic E-state index is 0.227. The monoisotopic (exact) mass is 442 g/mol. The van der Waals surface area contributed by atoms with Crippen molar-refractivity contribution in [1.82, 2.24) is 9.78 Å². The van der Waals surface area contributed by atoms with Crippen LogP contribution >= 0.6 is 0 Å². The van der Waals surface area contributed by atoms with E-state index in [1.807, 2.05) is 6.07 Å². The van der Waals surface area contributed by atoms with Gasteiger partial charge in [-0.15, -0.1) is 0 Å². The van der Waals surface area contributed by atoms with E-state index in [2.05, 4.69) is 60.3 Å². The lowest BCUT2D eigenvalue weighted by atomic mass is 9.55. The van der Waals surface area contributed by atoms with Crippen molar-refractivity contribution in [3.05, 3.63) is 82.7 Å². The zero-order chi connectivity index (χ0) is 22.4. The fourth-order valence-electron chi connectivity index (χ4n) is 7.01. The van der Waals surface area contributed by atoms with Crippen molar-refractivity contribution in [1.29, 1.82) is 0 Å². The molecule has 0 spiro atoms. The Morgan fingerprint density at radius 3 is 2.82 bits per heavy atom. The summed E-state index contributed by atoms with van der Waals surface area (Å²) >= 11 is 0. The topological polar surface area (TPSA) is 36.3 Å². The molecule has 0 aliphatic heterocycles. The molecule has 1 saturated carbocycles. The maximum absolute atomic E-state index is 6.13. The molecule has 0 bridgehead atoms. The molecule has 0 unspecified atom stereocenters. The Bertz CT molecular complexity index is 1140. The molecule has 0 amide bonds. The van der Waals surface area contributed by atoms with E-state index >= 15 is 0 Å². The van der Waals surface area contributed by atoms with E-state index in [9.17, 15) is 0 Å². The van der Waals surface area contributed by atoms with Crippen LogP contribution < -0.4 is 4.74 Å². The highest BCUT2D eigenvalue weighted by molar-refractivity contribution is 5.43. The first-order chi connectivity index (χ1) is 16.2. The summed E-state index contributed by atoms with van der Waals surface area (Å²) in [6.07, 6.45) is 8.43. The number of methoxy groups -OCH3 is 1. The van der Waals surface area contributed by atoms with Gasteiger partial charge in [-0.05, 0) is 84.2 Å². The molecule has 33 heavy (non-hydrogen) atoms. The normalized spacial score (nSPS) is 27.4. The first-order valence-corrected chi connectivity index (χ1v) is 12.5. The standard InChI is InChI=1S/C29H34N2O2/c1-29-13-12-25-24-11-9-23(33-19-20-6-4-3-5-7-20)16-21(24)8-10-26(25)27(29)17-22-18-31(14-15-32-2)30-28(22)29/h3-7,9,11,16,18,25-27H,8,10,12-15,17,19H2,1-2H3/t25-,26-,27+,29+/m1/s1. The Morgan fingerprint density at radius 1 is 1.09 bits per heavy atom. The van der Waals surface area contributed by atoms with Gasteiger partial charge in [-0.2, -0.15) is 5.10 Å². The number of fused-ring (bicyclic) bond motifs is 7. The smallest absolute Gasteiger partial charge is 0.120 e. The van der Waals surface area contributed by atoms with Crippen LogP contribution in [-0.4, -0.2) is 23.5 Å². The van der Waals surface area contributed by atoms with Crippen LogP contribution in [0.5, 0.6) is 5.75 Å². The Hall–Kier alpha value is -2.59. The van der Waals surface area contributed by atoms with E-state index < -0.39 is 0 Å². The van der Waals surface area contributed by atoms with Crippen molar-refractivity contribution in [2.75, 3.05) is 13.7 Å². The van der Waals surface area contributed by atoms with Crippen LogP contribution in [0.3, 0.4) is 0 Å². The molecule has 4 heteroatoms. The Balaban J connectivity index is 1.19. The molecule has 172 valence electrons. The minimum Gasteiger partial charge on any atom is -0.489 e. The highest BCUT2D eigenvalue weighted by Gasteiger charge is 2.54. The third-order valence-electron chi connectivity index (χ3n) is 8.68. The number of nitrogens with zero attached hydrogens (tertiary/aromatic N) is 2. The van der Waals surface area contributed by atoms with E-state index in [0.29, 0.717) is 18.4 Å². The predicted molar refractivity (Wildman–Crippen MR) is 130 cm³/mol. The SMILES string of the molecule is COCCn1cc2c(n1)[C@@]1(C)CC[C@@H]3c4ccc(OCc5ccccc5)cc4CC[C@H]3[C@@H]1C2. The molecule has 4 atom stereocenters. The van der Waals surface area contributed by atoms with Gasteiger partial charge in [0.2, 0.25) is 0 Å². The van der Waals surface area contributed by atoms with Gasteiger partial charge in [0.05, 0.1) is 18.8 Å². The Labute approximate surface area is 196 Å². The second-order valence-corrected chi connectivity index (χ2v) is 10.5. The van der Waals surface area contributed by atoms with Gasteiger partial charge in [0.15, 0.2) is 0 Å². The number of aromatic nitrogens is 2. The highest BCUT2D eigenvalue weighted by atomic mass is 16.5. The fraction of sp³-hybridized carbons (Fsp3) is 0.483. The molecule has 0 radical (unpaired) electrons. The Kier molecular flexibility index (Phi) is 5.29. The molecule has 4 nitrogen and oxygen atoms in total. The summed E-state index contributed by atoms with van der Waals surface area (Å²) in [5.74, 6) is 3.16. The van der Waals surface area contributed by atoms with Gasteiger partial charge in [-0.3, -0.25) is 4.68 Å². The fourth-order valence-corrected chi connectivity index (χ4v) is 7.01. The molecule has 3 aliphatic carbocycles. The number of rotatable bonds is 6. The van der Waals surface area contributed by atoms with Gasteiger partial charge in [-0.25, -0.2) is 0 Å². The maximum Gasteiger partial charge on any atom is 0.120 e. The summed E-state index contributed by atoms with van der Waals surface area (Å²) < 4.78 is 13.5. The van der Waals surface area contributed by atoms with E-state index in [-0.39, 0.29) is 5.41 Å². The van der Waals surface area contributed by atoms with Gasteiger partial charge >= 0.3 is 0 Å². The van der Waals surface area contributed by atoms with Crippen LogP contribution in [0.1, 0.15) is 60.1 Å². The third-order valence-corrected chi connectivity index (χ3v) is 8.68. The summed E-state index contributed by atoms with van der Waals surface area (Å²) in [6, 6.07) is 17.3. The van der Waals surface area contributed by atoms with Crippen molar-refractivity contribution in [3.8, 4) is 5.75 Å². The number of benzene rings is 2. The third kappa shape index (κ3) is 3.59. The molecule has 3 aromatic rings. The van der Waals surface area contributed by atoms with E-state index in [1.54, 1.807) is 12.7 Å². The second-order valence-electron chi connectivity index (χ2n) is 10.5. The van der Waals surface area contributed by atoms with Crippen molar-refractivity contribution >= 4 is 0 Å². The molecular formula is C29H34N2O2. The number of hydrogen-bond acceptors (Lipinski definition) is 3. The van der Waals surface area contributed by atoms with Crippen molar-refractivity contribution in [2.24, 2.45) is 11.8 Å². The van der Waals surface area contributed by atoms with Crippen LogP contribution in [0.25, 0.3) is 0 Å². The minimum atomic E-state index is 0.227. The zero-order valence-electron chi connectivity index (χ0n) is 19.8. The quantitative estimate of drug-likeness (QED) is 0.493. The molecule has 1 fully saturated rings. The molecule has 6 rings (SSSR count). The van der Waals surface area contributed by atoms with Gasteiger partial charge in [-0.1, -0.05) is 43.3 Å². The van der Waals surface area contributed by atoms with Gasteiger partial charge in [0.1, 0.15) is 12.4 Å². The molecule has 1 heterocycles. The number of ether oxygens (including phenoxy) is 2. The lowest BCUT2D eigenvalue weighted by Crippen LogP contribution is -2.43. The Morgan fingerprint density at radius 2 is 1.97 bits per heavy atom. The average molecular weight is 443 g/mol. The van der Waals surface area contributed by atoms with Crippen LogP contribution in [0.15, 0.2) is 54.7 Å². The van der Waals surface area contributed by atoms with Gasteiger partial charge in [0, 0.05) is 18.7 Å². The van der Waals surface area contributed by atoms with Crippen molar-refractivity contribution in [3.63, 3.8) is 0 Å². The molecular weight excluding hydrogens is 408 g/mol. The summed E-state index contributed by atoms with van der Waals surface area (Å²) in [4.78, 5) is 0. The van der Waals surface area contributed by atoms with Crippen molar-refractivity contribution < 1.29 is 9.47 Å². The zero-order valence-corrected chi connectivity index (χ0v) is 19.8. The molecule has 2 aromatic carbocycles. The van der Waals surface area contributed by atoms with E-state index in [0.717, 1.165) is 31.2 Å². The molecule has 3 aliphatic rings. The van der Waals surface area contributed by atoms with Crippen LogP contribution in [0.2, 0.25) is 0 Å². The number of aryl methyl sites for hydroxylation is 1. The van der Waals surface area contributed by atoms with E-state index in [4.69, 9.17) is 14.6 Å².